The number of para-hydroxylation sites is 1. The SMILES string of the molecule is Cc1ccc(S(=O)(=O)N(C)C#Cc2cccc(C(=O)O)c2-n2cccc2)cc1. The Hall–Kier alpha value is -3.50. The second-order valence-corrected chi connectivity index (χ2v) is 8.09. The first-order valence-corrected chi connectivity index (χ1v) is 9.81. The third-order valence-electron chi connectivity index (χ3n) is 4.16. The molecule has 0 bridgehead atoms. The monoisotopic (exact) mass is 394 g/mol. The fraction of sp³-hybridized carbons (Fsp3) is 0.0952. The number of aromatic carboxylic acids is 1. The Labute approximate surface area is 163 Å². The quantitative estimate of drug-likeness (QED) is 0.545. The lowest BCUT2D eigenvalue weighted by Gasteiger charge is -2.13. The third kappa shape index (κ3) is 3.77. The summed E-state index contributed by atoms with van der Waals surface area (Å²) < 4.78 is 27.9. The van der Waals surface area contributed by atoms with E-state index in [0.29, 0.717) is 11.3 Å². The Balaban J connectivity index is 2.04. The molecule has 6 nitrogen and oxygen atoms in total. The van der Waals surface area contributed by atoms with Crippen molar-refractivity contribution in [1.82, 2.24) is 8.87 Å². The molecule has 0 amide bonds. The summed E-state index contributed by atoms with van der Waals surface area (Å²) in [4.78, 5) is 11.7. The Kier molecular flexibility index (Phi) is 5.25. The van der Waals surface area contributed by atoms with Crippen LogP contribution >= 0.6 is 0 Å². The fourth-order valence-corrected chi connectivity index (χ4v) is 3.61. The fourth-order valence-electron chi connectivity index (χ4n) is 2.65. The lowest BCUT2D eigenvalue weighted by Crippen LogP contribution is -2.22. The standard InChI is InChI=1S/C21H18N2O4S/c1-16-8-10-18(11-9-16)28(26,27)22(2)15-12-17-6-5-7-19(21(24)25)20(17)23-13-3-4-14-23/h3-11,13-14H,1-2H3,(H,24,25). The van der Waals surface area contributed by atoms with Crippen LogP contribution in [-0.2, 0) is 10.0 Å². The molecule has 1 N–H and O–H groups in total. The number of hydrogen-bond donors (Lipinski definition) is 1. The number of nitrogens with zero attached hydrogens (tertiary/aromatic N) is 2. The lowest BCUT2D eigenvalue weighted by atomic mass is 10.1. The number of carbonyl (C=O) groups is 1. The van der Waals surface area contributed by atoms with Crippen molar-refractivity contribution in [3.8, 4) is 17.7 Å². The topological polar surface area (TPSA) is 79.6 Å². The van der Waals surface area contributed by atoms with Gasteiger partial charge in [0.05, 0.1) is 21.7 Å². The highest BCUT2D eigenvalue weighted by atomic mass is 32.2. The van der Waals surface area contributed by atoms with Crippen LogP contribution in [0.25, 0.3) is 5.69 Å². The average Bonchev–Trinajstić information content (AvgIpc) is 3.20. The second kappa shape index (κ2) is 7.62. The molecule has 0 aliphatic rings. The molecule has 0 radical (unpaired) electrons. The maximum atomic E-state index is 12.7. The summed E-state index contributed by atoms with van der Waals surface area (Å²) >= 11 is 0. The summed E-state index contributed by atoms with van der Waals surface area (Å²) in [5.74, 6) is 1.71. The molecule has 0 atom stereocenters. The van der Waals surface area contributed by atoms with Crippen molar-refractivity contribution in [3.05, 3.63) is 83.7 Å². The number of sulfonamides is 1. The van der Waals surface area contributed by atoms with E-state index in [4.69, 9.17) is 0 Å². The summed E-state index contributed by atoms with van der Waals surface area (Å²) in [6, 6.07) is 17.3. The number of benzene rings is 2. The van der Waals surface area contributed by atoms with Gasteiger partial charge in [0.2, 0.25) is 0 Å². The Morgan fingerprint density at radius 1 is 1.04 bits per heavy atom. The van der Waals surface area contributed by atoms with Crippen molar-refractivity contribution >= 4 is 16.0 Å². The van der Waals surface area contributed by atoms with E-state index in [-0.39, 0.29) is 10.5 Å². The van der Waals surface area contributed by atoms with E-state index in [0.717, 1.165) is 9.87 Å². The first-order valence-electron chi connectivity index (χ1n) is 8.37. The number of rotatable bonds is 4. The van der Waals surface area contributed by atoms with E-state index >= 15 is 0 Å². The van der Waals surface area contributed by atoms with Crippen LogP contribution in [0.5, 0.6) is 0 Å². The van der Waals surface area contributed by atoms with Crippen LogP contribution in [0.15, 0.2) is 71.9 Å². The van der Waals surface area contributed by atoms with Gasteiger partial charge >= 0.3 is 5.97 Å². The molecule has 142 valence electrons. The van der Waals surface area contributed by atoms with Gasteiger partial charge < -0.3 is 9.67 Å². The van der Waals surface area contributed by atoms with E-state index in [1.807, 2.05) is 6.92 Å². The lowest BCUT2D eigenvalue weighted by molar-refractivity contribution is 0.0697. The van der Waals surface area contributed by atoms with Gasteiger partial charge in [0, 0.05) is 25.5 Å². The highest BCUT2D eigenvalue weighted by Gasteiger charge is 2.19. The third-order valence-corrected chi connectivity index (χ3v) is 5.84. The van der Waals surface area contributed by atoms with Gasteiger partial charge in [-0.05, 0) is 49.2 Å². The summed E-state index contributed by atoms with van der Waals surface area (Å²) in [6.45, 7) is 1.87. The number of aryl methyl sites for hydroxylation is 1. The molecule has 0 unspecified atom stereocenters. The molecule has 0 saturated carbocycles. The molecule has 28 heavy (non-hydrogen) atoms. The first kappa shape index (κ1) is 19.3. The maximum Gasteiger partial charge on any atom is 0.337 e. The first-order chi connectivity index (χ1) is 13.3. The Morgan fingerprint density at radius 3 is 2.29 bits per heavy atom. The predicted molar refractivity (Wildman–Crippen MR) is 106 cm³/mol. The smallest absolute Gasteiger partial charge is 0.337 e. The largest absolute Gasteiger partial charge is 0.478 e. The van der Waals surface area contributed by atoms with Gasteiger partial charge in [0.1, 0.15) is 0 Å². The summed E-state index contributed by atoms with van der Waals surface area (Å²) in [5, 5.41) is 9.50. The van der Waals surface area contributed by atoms with E-state index in [1.54, 1.807) is 53.4 Å². The number of carboxylic acid groups (broad SMARTS) is 1. The van der Waals surface area contributed by atoms with Crippen molar-refractivity contribution in [2.45, 2.75) is 11.8 Å². The molecule has 0 fully saturated rings. The van der Waals surface area contributed by atoms with Crippen molar-refractivity contribution in [2.75, 3.05) is 7.05 Å². The zero-order valence-corrected chi connectivity index (χ0v) is 16.1. The molecule has 7 heteroatoms. The molecular weight excluding hydrogens is 376 g/mol. The van der Waals surface area contributed by atoms with Gasteiger partial charge in [-0.2, -0.15) is 0 Å². The van der Waals surface area contributed by atoms with Gasteiger partial charge in [-0.1, -0.05) is 23.8 Å². The highest BCUT2D eigenvalue weighted by molar-refractivity contribution is 7.89. The minimum atomic E-state index is -3.78. The van der Waals surface area contributed by atoms with Gasteiger partial charge in [-0.15, -0.1) is 0 Å². The van der Waals surface area contributed by atoms with Gasteiger partial charge in [0.15, 0.2) is 0 Å². The van der Waals surface area contributed by atoms with Crippen LogP contribution in [0.2, 0.25) is 0 Å². The highest BCUT2D eigenvalue weighted by Crippen LogP contribution is 2.20. The zero-order chi connectivity index (χ0) is 20.3. The van der Waals surface area contributed by atoms with Crippen molar-refractivity contribution in [2.24, 2.45) is 0 Å². The summed E-state index contributed by atoms with van der Waals surface area (Å²) in [5.41, 5.74) is 1.82. The molecule has 0 aliphatic carbocycles. The molecule has 1 aromatic heterocycles. The van der Waals surface area contributed by atoms with Crippen LogP contribution in [0, 0.1) is 18.9 Å². The van der Waals surface area contributed by atoms with Crippen LogP contribution in [-0.4, -0.2) is 35.4 Å². The second-order valence-electron chi connectivity index (χ2n) is 6.12. The normalized spacial score (nSPS) is 10.8. The zero-order valence-electron chi connectivity index (χ0n) is 15.3. The minimum absolute atomic E-state index is 0.0760. The van der Waals surface area contributed by atoms with Gasteiger partial charge in [-0.25, -0.2) is 17.5 Å². The van der Waals surface area contributed by atoms with Crippen LogP contribution in [0.1, 0.15) is 21.5 Å². The van der Waals surface area contributed by atoms with Crippen molar-refractivity contribution in [3.63, 3.8) is 0 Å². The number of aromatic nitrogens is 1. The Morgan fingerprint density at radius 2 is 1.68 bits per heavy atom. The van der Waals surface area contributed by atoms with Crippen molar-refractivity contribution < 1.29 is 18.3 Å². The molecule has 3 rings (SSSR count). The van der Waals surface area contributed by atoms with Crippen LogP contribution in [0.3, 0.4) is 0 Å². The van der Waals surface area contributed by atoms with E-state index in [2.05, 4.69) is 12.0 Å². The molecule has 0 spiro atoms. The average molecular weight is 394 g/mol. The number of carboxylic acids is 1. The predicted octanol–water partition coefficient (Wildman–Crippen LogP) is 3.11. The molecule has 0 aliphatic heterocycles. The van der Waals surface area contributed by atoms with E-state index in [1.165, 1.54) is 25.2 Å². The maximum absolute atomic E-state index is 12.7. The molecule has 2 aromatic carbocycles. The van der Waals surface area contributed by atoms with E-state index < -0.39 is 16.0 Å². The Bertz CT molecular complexity index is 1170. The van der Waals surface area contributed by atoms with Gasteiger partial charge in [0.25, 0.3) is 10.0 Å². The van der Waals surface area contributed by atoms with Crippen LogP contribution < -0.4 is 0 Å². The van der Waals surface area contributed by atoms with E-state index in [9.17, 15) is 18.3 Å². The van der Waals surface area contributed by atoms with Gasteiger partial charge in [-0.3, -0.25) is 0 Å². The van der Waals surface area contributed by atoms with Crippen LogP contribution in [0.4, 0.5) is 0 Å². The van der Waals surface area contributed by atoms with Crippen molar-refractivity contribution in [1.29, 1.82) is 0 Å². The number of hydrogen-bond acceptors (Lipinski definition) is 3. The molecule has 1 heterocycles. The molecular formula is C21H18N2O4S. The molecule has 3 aromatic rings. The summed E-state index contributed by atoms with van der Waals surface area (Å²) in [7, 11) is -2.42. The minimum Gasteiger partial charge on any atom is -0.478 e. The molecule has 0 saturated heterocycles. The summed E-state index contributed by atoms with van der Waals surface area (Å²) in [6.07, 6.45) is 3.42.